The van der Waals surface area contributed by atoms with Gasteiger partial charge in [-0.3, -0.25) is 0 Å². The van der Waals surface area contributed by atoms with Crippen molar-refractivity contribution in [2.24, 2.45) is 0 Å². The van der Waals surface area contributed by atoms with Crippen LogP contribution < -0.4 is 5.32 Å². The fourth-order valence-electron chi connectivity index (χ4n) is 3.75. The van der Waals surface area contributed by atoms with Crippen molar-refractivity contribution < 1.29 is 0 Å². The Morgan fingerprint density at radius 2 is 1.43 bits per heavy atom. The van der Waals surface area contributed by atoms with Crippen LogP contribution in [0.4, 0.5) is 0 Å². The van der Waals surface area contributed by atoms with Gasteiger partial charge < -0.3 is 9.88 Å². The number of fused-ring (bicyclic) bond motifs is 3. The summed E-state index contributed by atoms with van der Waals surface area (Å²) < 4.78 is 2.46. The maximum absolute atomic E-state index is 3.73. The molecule has 0 unspecified atom stereocenters. The quantitative estimate of drug-likeness (QED) is 0.751. The highest BCUT2D eigenvalue weighted by Gasteiger charge is 2.14. The molecule has 3 aromatic rings. The first-order valence-electron chi connectivity index (χ1n) is 8.13. The van der Waals surface area contributed by atoms with E-state index in [1.807, 2.05) is 0 Å². The Labute approximate surface area is 125 Å². The number of hydrogen-bond donors (Lipinski definition) is 1. The van der Waals surface area contributed by atoms with Gasteiger partial charge in [0.1, 0.15) is 0 Å². The van der Waals surface area contributed by atoms with Crippen molar-refractivity contribution in [2.45, 2.75) is 38.3 Å². The Balaban J connectivity index is 1.65. The van der Waals surface area contributed by atoms with Gasteiger partial charge in [0.05, 0.1) is 0 Å². The van der Waals surface area contributed by atoms with Crippen molar-refractivity contribution in [1.29, 1.82) is 0 Å². The van der Waals surface area contributed by atoms with E-state index in [0.717, 1.165) is 19.1 Å². The molecule has 1 aromatic heterocycles. The summed E-state index contributed by atoms with van der Waals surface area (Å²) in [6.07, 6.45) is 5.50. The molecule has 1 aliphatic carbocycles. The number of benzene rings is 2. The normalized spacial score (nSPS) is 16.2. The number of aromatic nitrogens is 1. The molecule has 21 heavy (non-hydrogen) atoms. The predicted molar refractivity (Wildman–Crippen MR) is 89.7 cm³/mol. The van der Waals surface area contributed by atoms with Gasteiger partial charge in [-0.1, -0.05) is 49.2 Å². The van der Waals surface area contributed by atoms with Crippen LogP contribution in [-0.4, -0.2) is 17.2 Å². The lowest BCUT2D eigenvalue weighted by Gasteiger charge is -2.13. The molecule has 1 N–H and O–H groups in total. The highest BCUT2D eigenvalue weighted by Crippen LogP contribution is 2.28. The number of hydrogen-bond acceptors (Lipinski definition) is 1. The highest BCUT2D eigenvalue weighted by molar-refractivity contribution is 6.07. The minimum absolute atomic E-state index is 0.748. The molecule has 2 nitrogen and oxygen atoms in total. The van der Waals surface area contributed by atoms with Crippen LogP contribution >= 0.6 is 0 Å². The lowest BCUT2D eigenvalue weighted by atomic mass is 10.2. The van der Waals surface area contributed by atoms with Crippen LogP contribution in [0, 0.1) is 0 Å². The molecule has 0 aliphatic heterocycles. The second-order valence-corrected chi connectivity index (χ2v) is 6.12. The lowest BCUT2D eigenvalue weighted by molar-refractivity contribution is 0.504. The van der Waals surface area contributed by atoms with Crippen LogP contribution in [0.3, 0.4) is 0 Å². The molecule has 0 atom stereocenters. The van der Waals surface area contributed by atoms with Crippen LogP contribution in [-0.2, 0) is 6.54 Å². The van der Waals surface area contributed by atoms with E-state index >= 15 is 0 Å². The summed E-state index contributed by atoms with van der Waals surface area (Å²) in [5.41, 5.74) is 2.71. The zero-order chi connectivity index (χ0) is 14.1. The van der Waals surface area contributed by atoms with E-state index in [2.05, 4.69) is 58.4 Å². The molecule has 1 aliphatic rings. The van der Waals surface area contributed by atoms with Gasteiger partial charge in [0, 0.05) is 40.9 Å². The molecule has 2 heteroatoms. The third kappa shape index (κ3) is 2.34. The minimum atomic E-state index is 0.748. The third-order valence-electron chi connectivity index (χ3n) is 4.80. The molecule has 0 amide bonds. The monoisotopic (exact) mass is 278 g/mol. The second-order valence-electron chi connectivity index (χ2n) is 6.12. The van der Waals surface area contributed by atoms with E-state index in [1.165, 1.54) is 47.5 Å². The van der Waals surface area contributed by atoms with Gasteiger partial charge in [-0.15, -0.1) is 0 Å². The van der Waals surface area contributed by atoms with Crippen molar-refractivity contribution in [3.05, 3.63) is 48.5 Å². The van der Waals surface area contributed by atoms with Gasteiger partial charge in [-0.05, 0) is 25.0 Å². The molecule has 108 valence electrons. The van der Waals surface area contributed by atoms with Crippen LogP contribution in [0.15, 0.2) is 48.5 Å². The Bertz CT molecular complexity index is 697. The standard InChI is InChI=1S/C19H22N2/c1-2-8-15(7-1)20-13-14-21-18-11-5-3-9-16(18)17-10-4-6-12-19(17)21/h3-6,9-12,15,20H,1-2,7-8,13-14H2. The molecule has 2 aromatic carbocycles. The Kier molecular flexibility index (Phi) is 3.40. The van der Waals surface area contributed by atoms with Gasteiger partial charge >= 0.3 is 0 Å². The SMILES string of the molecule is c1ccc2c(c1)c1ccccc1n2CCNC1CCCC1. The predicted octanol–water partition coefficient (Wildman–Crippen LogP) is 4.33. The second kappa shape index (κ2) is 5.53. The molecular formula is C19H22N2. The molecule has 0 saturated heterocycles. The van der Waals surface area contributed by atoms with Gasteiger partial charge in [-0.25, -0.2) is 0 Å². The summed E-state index contributed by atoms with van der Waals surface area (Å²) in [5, 5.41) is 6.47. The van der Waals surface area contributed by atoms with Crippen LogP contribution in [0.25, 0.3) is 21.8 Å². The van der Waals surface area contributed by atoms with E-state index in [1.54, 1.807) is 0 Å². The Hall–Kier alpha value is -1.80. The first-order chi connectivity index (χ1) is 10.4. The van der Waals surface area contributed by atoms with Crippen LogP contribution in [0.2, 0.25) is 0 Å². The average molecular weight is 278 g/mol. The molecule has 1 fully saturated rings. The number of nitrogens with zero attached hydrogens (tertiary/aromatic N) is 1. The maximum atomic E-state index is 3.73. The van der Waals surface area contributed by atoms with Crippen LogP contribution in [0.5, 0.6) is 0 Å². The molecule has 1 saturated carbocycles. The average Bonchev–Trinajstić information content (AvgIpc) is 3.15. The summed E-state index contributed by atoms with van der Waals surface area (Å²) in [6.45, 7) is 2.11. The molecule has 0 radical (unpaired) electrons. The zero-order valence-corrected chi connectivity index (χ0v) is 12.4. The fraction of sp³-hybridized carbons (Fsp3) is 0.368. The summed E-state index contributed by atoms with van der Waals surface area (Å²) in [7, 11) is 0. The molecular weight excluding hydrogens is 256 g/mol. The van der Waals surface area contributed by atoms with Gasteiger partial charge in [0.25, 0.3) is 0 Å². The van der Waals surface area contributed by atoms with Gasteiger partial charge in [0.2, 0.25) is 0 Å². The van der Waals surface area contributed by atoms with Crippen molar-refractivity contribution >= 4 is 21.8 Å². The summed E-state index contributed by atoms with van der Waals surface area (Å²) >= 11 is 0. The van der Waals surface area contributed by atoms with E-state index in [4.69, 9.17) is 0 Å². The molecule has 1 heterocycles. The molecule has 0 bridgehead atoms. The number of rotatable bonds is 4. The van der Waals surface area contributed by atoms with E-state index in [0.29, 0.717) is 0 Å². The Morgan fingerprint density at radius 1 is 0.857 bits per heavy atom. The number of para-hydroxylation sites is 2. The minimum Gasteiger partial charge on any atom is -0.339 e. The Morgan fingerprint density at radius 3 is 2.05 bits per heavy atom. The topological polar surface area (TPSA) is 17.0 Å². The lowest BCUT2D eigenvalue weighted by Crippen LogP contribution is -2.29. The first-order valence-corrected chi connectivity index (χ1v) is 8.13. The summed E-state index contributed by atoms with van der Waals surface area (Å²) in [5.74, 6) is 0. The van der Waals surface area contributed by atoms with Gasteiger partial charge in [0.15, 0.2) is 0 Å². The van der Waals surface area contributed by atoms with Crippen LogP contribution in [0.1, 0.15) is 25.7 Å². The van der Waals surface area contributed by atoms with Gasteiger partial charge in [-0.2, -0.15) is 0 Å². The summed E-state index contributed by atoms with van der Waals surface area (Å²) in [4.78, 5) is 0. The van der Waals surface area contributed by atoms with E-state index in [9.17, 15) is 0 Å². The molecule has 4 rings (SSSR count). The van der Waals surface area contributed by atoms with E-state index < -0.39 is 0 Å². The smallest absolute Gasteiger partial charge is 0.0491 e. The van der Waals surface area contributed by atoms with Crippen molar-refractivity contribution in [2.75, 3.05) is 6.54 Å². The van der Waals surface area contributed by atoms with Crippen molar-refractivity contribution in [3.8, 4) is 0 Å². The molecule has 0 spiro atoms. The number of nitrogens with one attached hydrogen (secondary N) is 1. The van der Waals surface area contributed by atoms with Crippen molar-refractivity contribution in [1.82, 2.24) is 9.88 Å². The first kappa shape index (κ1) is 12.9. The largest absolute Gasteiger partial charge is 0.339 e. The highest BCUT2D eigenvalue weighted by atomic mass is 15.0. The maximum Gasteiger partial charge on any atom is 0.0491 e. The van der Waals surface area contributed by atoms with Crippen molar-refractivity contribution in [3.63, 3.8) is 0 Å². The fourth-order valence-corrected chi connectivity index (χ4v) is 3.75. The van der Waals surface area contributed by atoms with E-state index in [-0.39, 0.29) is 0 Å². The zero-order valence-electron chi connectivity index (χ0n) is 12.4. The third-order valence-corrected chi connectivity index (χ3v) is 4.80. The summed E-state index contributed by atoms with van der Waals surface area (Å²) in [6, 6.07) is 18.3.